The largest absolute Gasteiger partial charge is 0.456 e. The average Bonchev–Trinajstić information content (AvgIpc) is 3.77. The van der Waals surface area contributed by atoms with E-state index in [0.717, 1.165) is 0 Å². The van der Waals surface area contributed by atoms with Crippen LogP contribution in [0.25, 0.3) is 0 Å². The number of thioether (sulfide) groups is 1. The molecule has 0 spiro atoms. The van der Waals surface area contributed by atoms with Crippen molar-refractivity contribution in [1.82, 2.24) is 20.0 Å². The number of non-ortho nitro benzene ring substituents is 2. The van der Waals surface area contributed by atoms with Gasteiger partial charge in [0.2, 0.25) is 5.91 Å². The van der Waals surface area contributed by atoms with E-state index in [2.05, 4.69) is 5.32 Å². The molecule has 4 heterocycles. The van der Waals surface area contributed by atoms with Gasteiger partial charge in [-0.25, -0.2) is 14.4 Å². The molecule has 0 saturated carbocycles. The fourth-order valence-electron chi connectivity index (χ4n) is 7.02. The Kier molecular flexibility index (Phi) is 10.2. The third-order valence-electron chi connectivity index (χ3n) is 9.61. The minimum atomic E-state index is -0.952. The molecule has 51 heavy (non-hydrogen) atoms. The van der Waals surface area contributed by atoms with Crippen molar-refractivity contribution >= 4 is 47.1 Å². The molecule has 0 radical (unpaired) electrons. The molecule has 6 atom stereocenters. The summed E-state index contributed by atoms with van der Waals surface area (Å²) in [6.07, 6.45) is -1.15. The van der Waals surface area contributed by atoms with Gasteiger partial charge in [0.25, 0.3) is 11.4 Å². The molecule has 0 bridgehead atoms. The number of nitrogens with one attached hydrogen (secondary N) is 1. The van der Waals surface area contributed by atoms with Crippen LogP contribution in [0.3, 0.4) is 0 Å². The van der Waals surface area contributed by atoms with E-state index >= 15 is 0 Å². The number of aliphatic hydroxyl groups is 1. The number of amides is 4. The molecule has 4 amide bonds. The van der Waals surface area contributed by atoms with Crippen LogP contribution in [0.4, 0.5) is 21.0 Å². The summed E-state index contributed by atoms with van der Waals surface area (Å²) < 4.78 is 11.2. The standard InChI is InChI=1S/C33H36N6O11S/c1-18-27-26(19(2)40)30(41)37(27)28(31(42)49-16-20-3-7-22(8-4-20)38(45)46)29(18)51-25-13-24(14-35-12-11-34-32(35)43)36(15-25)33(44)50-17-21-5-9-23(10-6-21)39(47)48/h3-10,18-19,24-27,40H,11-17H2,1-2H3,(H,34,43)/t18-,19-,24+,25+,26-,27-/m1/s1. The van der Waals surface area contributed by atoms with E-state index in [0.29, 0.717) is 35.5 Å². The van der Waals surface area contributed by atoms with Gasteiger partial charge in [-0.15, -0.1) is 11.8 Å². The maximum atomic E-state index is 13.7. The number of benzene rings is 2. The van der Waals surface area contributed by atoms with E-state index in [1.54, 1.807) is 9.80 Å². The van der Waals surface area contributed by atoms with Crippen LogP contribution < -0.4 is 5.32 Å². The van der Waals surface area contributed by atoms with Crippen molar-refractivity contribution in [1.29, 1.82) is 0 Å². The van der Waals surface area contributed by atoms with Crippen molar-refractivity contribution in [3.8, 4) is 0 Å². The van der Waals surface area contributed by atoms with Gasteiger partial charge in [0.1, 0.15) is 18.9 Å². The zero-order valence-corrected chi connectivity index (χ0v) is 28.5. The van der Waals surface area contributed by atoms with Crippen molar-refractivity contribution in [2.24, 2.45) is 11.8 Å². The predicted octanol–water partition coefficient (Wildman–Crippen LogP) is 3.15. The van der Waals surface area contributed by atoms with E-state index in [1.165, 1.54) is 72.1 Å². The second-order valence-electron chi connectivity index (χ2n) is 12.9. The molecule has 2 aromatic carbocycles. The summed E-state index contributed by atoms with van der Waals surface area (Å²) in [5, 5.41) is 34.9. The zero-order valence-electron chi connectivity index (χ0n) is 27.7. The lowest BCUT2D eigenvalue weighted by Crippen LogP contribution is -2.63. The summed E-state index contributed by atoms with van der Waals surface area (Å²) in [5.74, 6) is -2.22. The van der Waals surface area contributed by atoms with Crippen LogP contribution >= 0.6 is 11.8 Å². The fraction of sp³-hybridized carbons (Fsp3) is 0.455. The molecule has 17 nitrogen and oxygen atoms in total. The summed E-state index contributed by atoms with van der Waals surface area (Å²) in [5.41, 5.74) is 0.924. The highest BCUT2D eigenvalue weighted by Gasteiger charge is 2.60. The van der Waals surface area contributed by atoms with Gasteiger partial charge >= 0.3 is 18.1 Å². The lowest BCUT2D eigenvalue weighted by atomic mass is 9.79. The van der Waals surface area contributed by atoms with Crippen LogP contribution in [-0.4, -0.2) is 103 Å². The Morgan fingerprint density at radius 3 is 2.12 bits per heavy atom. The number of carbonyl (C=O) groups is 4. The molecule has 6 rings (SSSR count). The van der Waals surface area contributed by atoms with Crippen LogP contribution in [0.15, 0.2) is 59.1 Å². The highest BCUT2D eigenvalue weighted by atomic mass is 32.2. The van der Waals surface area contributed by atoms with Gasteiger partial charge in [-0.3, -0.25) is 25.0 Å². The van der Waals surface area contributed by atoms with Gasteiger partial charge in [-0.2, -0.15) is 0 Å². The summed E-state index contributed by atoms with van der Waals surface area (Å²) in [6, 6.07) is 10.0. The Balaban J connectivity index is 1.21. The first kappa shape index (κ1) is 35.6. The number of nitro groups is 2. The first-order chi connectivity index (χ1) is 24.3. The van der Waals surface area contributed by atoms with Gasteiger partial charge in [0, 0.05) is 66.5 Å². The molecule has 3 fully saturated rings. The number of β-lactam (4-membered cyclic amide) rings is 1. The number of nitro benzene ring substituents is 2. The number of urea groups is 1. The number of nitrogens with zero attached hydrogens (tertiary/aromatic N) is 5. The molecule has 3 saturated heterocycles. The first-order valence-corrected chi connectivity index (χ1v) is 17.2. The fourth-order valence-corrected chi connectivity index (χ4v) is 8.58. The maximum Gasteiger partial charge on any atom is 0.410 e. The number of rotatable bonds is 12. The Labute approximate surface area is 295 Å². The molecular formula is C33H36N6O11S. The highest BCUT2D eigenvalue weighted by molar-refractivity contribution is 8.03. The number of esters is 1. The minimum Gasteiger partial charge on any atom is -0.456 e. The van der Waals surface area contributed by atoms with Crippen molar-refractivity contribution in [3.63, 3.8) is 0 Å². The monoisotopic (exact) mass is 724 g/mol. The van der Waals surface area contributed by atoms with Gasteiger partial charge in [-0.05, 0) is 48.7 Å². The Bertz CT molecular complexity index is 1770. The van der Waals surface area contributed by atoms with Gasteiger partial charge < -0.3 is 34.6 Å². The summed E-state index contributed by atoms with van der Waals surface area (Å²) in [6.45, 7) is 4.45. The van der Waals surface area contributed by atoms with Crippen LogP contribution in [0.1, 0.15) is 31.4 Å². The van der Waals surface area contributed by atoms with Crippen LogP contribution in [0.2, 0.25) is 0 Å². The molecule has 0 aromatic heterocycles. The van der Waals surface area contributed by atoms with Crippen LogP contribution in [0, 0.1) is 32.1 Å². The Morgan fingerprint density at radius 2 is 1.59 bits per heavy atom. The number of fused-ring (bicyclic) bond motifs is 1. The third-order valence-corrected chi connectivity index (χ3v) is 11.1. The highest BCUT2D eigenvalue weighted by Crippen LogP contribution is 2.52. The topological polar surface area (TPSA) is 215 Å². The number of carbonyl (C=O) groups excluding carboxylic acids is 4. The summed E-state index contributed by atoms with van der Waals surface area (Å²) in [7, 11) is 0. The lowest BCUT2D eigenvalue weighted by molar-refractivity contribution is -0.385. The molecule has 2 N–H and O–H groups in total. The minimum absolute atomic E-state index is 0.0657. The number of likely N-dealkylation sites (tertiary alicyclic amines) is 1. The molecule has 4 aliphatic rings. The molecule has 0 unspecified atom stereocenters. The first-order valence-electron chi connectivity index (χ1n) is 16.4. The molecule has 2 aromatic rings. The van der Waals surface area contributed by atoms with Crippen LogP contribution in [0.5, 0.6) is 0 Å². The van der Waals surface area contributed by atoms with Gasteiger partial charge in [0.15, 0.2) is 0 Å². The quantitative estimate of drug-likeness (QED) is 0.140. The smallest absolute Gasteiger partial charge is 0.410 e. The van der Waals surface area contributed by atoms with E-state index in [1.807, 2.05) is 6.92 Å². The number of hydrogen-bond acceptors (Lipinski definition) is 12. The Morgan fingerprint density at radius 1 is 1.00 bits per heavy atom. The molecular weight excluding hydrogens is 688 g/mol. The van der Waals surface area contributed by atoms with E-state index in [-0.39, 0.29) is 60.6 Å². The third kappa shape index (κ3) is 7.18. The Hall–Kier alpha value is -5.23. The average molecular weight is 725 g/mol. The van der Waals surface area contributed by atoms with Crippen LogP contribution in [-0.2, 0) is 32.3 Å². The second kappa shape index (κ2) is 14.6. The predicted molar refractivity (Wildman–Crippen MR) is 180 cm³/mol. The SMILES string of the molecule is C[C@@H](O)[C@H]1C(=O)N2C(C(=O)OCc3ccc([N+](=O)[O-])cc3)=C(S[C@H]3C[C@@H](CN4CCNC4=O)N(C(=O)OCc4ccc([N+](=O)[O-])cc4)C3)[C@H](C)[C@H]12. The van der Waals surface area contributed by atoms with E-state index in [9.17, 15) is 44.5 Å². The summed E-state index contributed by atoms with van der Waals surface area (Å²) in [4.78, 5) is 79.0. The van der Waals surface area contributed by atoms with Gasteiger partial charge in [0.05, 0.1) is 34.0 Å². The van der Waals surface area contributed by atoms with E-state index in [4.69, 9.17) is 9.47 Å². The molecule has 18 heteroatoms. The van der Waals surface area contributed by atoms with Crippen molar-refractivity contribution in [2.45, 2.75) is 56.9 Å². The number of hydrogen-bond donors (Lipinski definition) is 2. The van der Waals surface area contributed by atoms with Crippen molar-refractivity contribution < 1.29 is 43.6 Å². The van der Waals surface area contributed by atoms with Crippen molar-refractivity contribution in [2.75, 3.05) is 26.2 Å². The van der Waals surface area contributed by atoms with Gasteiger partial charge in [-0.1, -0.05) is 6.92 Å². The maximum absolute atomic E-state index is 13.7. The zero-order chi connectivity index (χ0) is 36.6. The molecule has 4 aliphatic heterocycles. The van der Waals surface area contributed by atoms with Crippen molar-refractivity contribution in [3.05, 3.63) is 90.5 Å². The molecule has 270 valence electrons. The number of aliphatic hydroxyl groups excluding tert-OH is 1. The number of ether oxygens (including phenoxy) is 2. The van der Waals surface area contributed by atoms with E-state index < -0.39 is 51.9 Å². The summed E-state index contributed by atoms with van der Waals surface area (Å²) >= 11 is 1.35. The normalized spacial score (nSPS) is 24.6. The second-order valence-corrected chi connectivity index (χ2v) is 14.2. The lowest BCUT2D eigenvalue weighted by Gasteiger charge is -2.46. The molecule has 0 aliphatic carbocycles.